The number of ketones is 1. The van der Waals surface area contributed by atoms with E-state index in [9.17, 15) is 9.59 Å². The second-order valence-corrected chi connectivity index (χ2v) is 7.76. The lowest BCUT2D eigenvalue weighted by molar-refractivity contribution is -0.161. The lowest BCUT2D eigenvalue weighted by Gasteiger charge is -2.48. The van der Waals surface area contributed by atoms with Crippen LogP contribution in [0.25, 0.3) is 0 Å². The number of rotatable bonds is 5. The molecule has 0 radical (unpaired) electrons. The Kier molecular flexibility index (Phi) is 4.61. The number of carbonyl (C=O) groups is 2. The lowest BCUT2D eigenvalue weighted by atomic mass is 9.80. The number of fused-ring (bicyclic) bond motifs is 1. The molecule has 1 amide bonds. The molecule has 3 fully saturated rings. The molecule has 2 heterocycles. The average Bonchev–Trinajstić information content (AvgIpc) is 3.43. The first-order valence-corrected chi connectivity index (χ1v) is 9.29. The molecule has 4 rings (SSSR count). The highest BCUT2D eigenvalue weighted by Crippen LogP contribution is 2.35. The van der Waals surface area contributed by atoms with Gasteiger partial charge >= 0.3 is 0 Å². The Morgan fingerprint density at radius 1 is 1.16 bits per heavy atom. The second-order valence-electron chi connectivity index (χ2n) is 7.76. The number of benzene rings is 1. The topological polar surface area (TPSA) is 49.9 Å². The first-order chi connectivity index (χ1) is 12.1. The number of likely N-dealkylation sites (N-methyl/N-ethyl adjacent to an activating group) is 1. The van der Waals surface area contributed by atoms with Crippen LogP contribution in [0.5, 0.6) is 0 Å². The van der Waals surface area contributed by atoms with Gasteiger partial charge in [0.2, 0.25) is 5.78 Å². The van der Waals surface area contributed by atoms with Crippen molar-refractivity contribution >= 4 is 11.7 Å². The summed E-state index contributed by atoms with van der Waals surface area (Å²) in [5.74, 6) is 0.376. The molecular weight excluding hydrogens is 316 g/mol. The predicted molar refractivity (Wildman–Crippen MR) is 93.9 cm³/mol. The second kappa shape index (κ2) is 6.89. The largest absolute Gasteiger partial charge is 0.378 e. The van der Waals surface area contributed by atoms with Crippen molar-refractivity contribution in [2.45, 2.75) is 37.9 Å². The van der Waals surface area contributed by atoms with Crippen LogP contribution in [0, 0.1) is 11.8 Å². The summed E-state index contributed by atoms with van der Waals surface area (Å²) in [7, 11) is 2.14. The molecule has 0 spiro atoms. The van der Waals surface area contributed by atoms with Gasteiger partial charge in [-0.2, -0.15) is 0 Å². The van der Waals surface area contributed by atoms with Gasteiger partial charge in [0.1, 0.15) is 0 Å². The molecule has 1 saturated carbocycles. The maximum Gasteiger partial charge on any atom is 0.290 e. The third-order valence-corrected chi connectivity index (χ3v) is 5.89. The Hall–Kier alpha value is -1.72. The summed E-state index contributed by atoms with van der Waals surface area (Å²) in [5, 5.41) is 0. The lowest BCUT2D eigenvalue weighted by Crippen LogP contribution is -2.63. The normalized spacial score (nSPS) is 29.8. The molecule has 0 bridgehead atoms. The maximum atomic E-state index is 12.6. The van der Waals surface area contributed by atoms with Crippen LogP contribution in [0.1, 0.15) is 24.8 Å². The van der Waals surface area contributed by atoms with Crippen LogP contribution in [0.3, 0.4) is 0 Å². The van der Waals surface area contributed by atoms with E-state index >= 15 is 0 Å². The highest BCUT2D eigenvalue weighted by atomic mass is 16.5. The number of likely N-dealkylation sites (tertiary alicyclic amines) is 1. The zero-order valence-electron chi connectivity index (χ0n) is 14.8. The van der Waals surface area contributed by atoms with Gasteiger partial charge in [-0.05, 0) is 31.4 Å². The summed E-state index contributed by atoms with van der Waals surface area (Å²) in [5.41, 5.74) is 1.05. The van der Waals surface area contributed by atoms with E-state index in [1.54, 1.807) is 4.90 Å². The molecule has 2 aliphatic heterocycles. The Balaban J connectivity index is 1.54. The highest BCUT2D eigenvalue weighted by Gasteiger charge is 2.47. The van der Waals surface area contributed by atoms with Crippen LogP contribution in [0.4, 0.5) is 0 Å². The van der Waals surface area contributed by atoms with Crippen molar-refractivity contribution in [3.63, 3.8) is 0 Å². The molecule has 1 aromatic carbocycles. The van der Waals surface area contributed by atoms with E-state index in [1.165, 1.54) is 12.8 Å². The fraction of sp³-hybridized carbons (Fsp3) is 0.600. The Morgan fingerprint density at radius 3 is 2.64 bits per heavy atom. The van der Waals surface area contributed by atoms with E-state index in [0.717, 1.165) is 18.0 Å². The van der Waals surface area contributed by atoms with Gasteiger partial charge in [-0.1, -0.05) is 30.3 Å². The van der Waals surface area contributed by atoms with E-state index in [0.29, 0.717) is 26.2 Å². The number of hydrogen-bond acceptors (Lipinski definition) is 4. The Bertz CT molecular complexity index is 644. The van der Waals surface area contributed by atoms with E-state index in [-0.39, 0.29) is 29.7 Å². The molecule has 5 nitrogen and oxygen atoms in total. The fourth-order valence-corrected chi connectivity index (χ4v) is 4.28. The molecule has 3 atom stereocenters. The van der Waals surface area contributed by atoms with Crippen LogP contribution in [-0.4, -0.2) is 60.4 Å². The minimum atomic E-state index is -0.348. The number of ether oxygens (including phenoxy) is 1. The van der Waals surface area contributed by atoms with Crippen molar-refractivity contribution < 1.29 is 14.3 Å². The molecule has 1 aliphatic carbocycles. The van der Waals surface area contributed by atoms with Crippen molar-refractivity contribution in [1.82, 2.24) is 9.80 Å². The number of amides is 1. The van der Waals surface area contributed by atoms with Gasteiger partial charge in [-0.15, -0.1) is 0 Å². The van der Waals surface area contributed by atoms with Crippen molar-refractivity contribution in [1.29, 1.82) is 0 Å². The Labute approximate surface area is 148 Å². The minimum Gasteiger partial charge on any atom is -0.378 e. The standard InChI is InChI=1S/C20H26N2O3/c1-21(10-15-7-8-15)17-12-25-13-18-16(17)9-19(23)20(24)22(18)11-14-5-3-2-4-6-14/h2-6,15-18H,7-13H2,1H3/t16-,17+,18-/m1/s1. The molecule has 0 unspecified atom stereocenters. The van der Waals surface area contributed by atoms with Crippen LogP contribution < -0.4 is 0 Å². The zero-order chi connectivity index (χ0) is 17.4. The number of piperidine rings is 1. The number of carbonyl (C=O) groups excluding carboxylic acids is 2. The van der Waals surface area contributed by atoms with Crippen LogP contribution >= 0.6 is 0 Å². The van der Waals surface area contributed by atoms with Crippen molar-refractivity contribution in [2.75, 3.05) is 26.8 Å². The summed E-state index contributed by atoms with van der Waals surface area (Å²) in [6.07, 6.45) is 2.98. The smallest absolute Gasteiger partial charge is 0.290 e. The maximum absolute atomic E-state index is 12.6. The first-order valence-electron chi connectivity index (χ1n) is 9.29. The number of nitrogens with zero attached hydrogens (tertiary/aromatic N) is 2. The Morgan fingerprint density at radius 2 is 1.92 bits per heavy atom. The average molecular weight is 342 g/mol. The van der Waals surface area contributed by atoms with Gasteiger partial charge in [0.15, 0.2) is 0 Å². The zero-order valence-corrected chi connectivity index (χ0v) is 14.8. The summed E-state index contributed by atoms with van der Waals surface area (Å²) in [6, 6.07) is 10.1. The van der Waals surface area contributed by atoms with Gasteiger partial charge in [0, 0.05) is 31.5 Å². The SMILES string of the molecule is CN(CC1CC1)[C@H]1COC[C@@H]2[C@@H]1CC(=O)C(=O)N2Cc1ccccc1. The number of Topliss-reactive ketones (excluding diaryl/α,β-unsaturated/α-hetero) is 1. The highest BCUT2D eigenvalue weighted by molar-refractivity contribution is 6.36. The first kappa shape index (κ1) is 16.7. The molecule has 3 aliphatic rings. The molecule has 0 aromatic heterocycles. The number of hydrogen-bond donors (Lipinski definition) is 0. The third kappa shape index (κ3) is 3.48. The minimum absolute atomic E-state index is 0.00851. The van der Waals surface area contributed by atoms with Crippen LogP contribution in [0.2, 0.25) is 0 Å². The van der Waals surface area contributed by atoms with Crippen LogP contribution in [0.15, 0.2) is 30.3 Å². The molecule has 25 heavy (non-hydrogen) atoms. The van der Waals surface area contributed by atoms with Crippen LogP contribution in [-0.2, 0) is 20.9 Å². The quantitative estimate of drug-likeness (QED) is 0.765. The molecule has 134 valence electrons. The molecule has 2 saturated heterocycles. The molecular formula is C20H26N2O3. The van der Waals surface area contributed by atoms with Gasteiger partial charge in [0.25, 0.3) is 5.91 Å². The van der Waals surface area contributed by atoms with Crippen molar-refractivity contribution in [3.8, 4) is 0 Å². The predicted octanol–water partition coefficient (Wildman–Crippen LogP) is 1.71. The summed E-state index contributed by atoms with van der Waals surface area (Å²) in [4.78, 5) is 29.1. The summed E-state index contributed by atoms with van der Waals surface area (Å²) < 4.78 is 5.88. The molecule has 5 heteroatoms. The van der Waals surface area contributed by atoms with Gasteiger partial charge < -0.3 is 14.5 Å². The third-order valence-electron chi connectivity index (χ3n) is 5.89. The molecule has 1 aromatic rings. The van der Waals surface area contributed by atoms with Gasteiger partial charge in [-0.25, -0.2) is 0 Å². The van der Waals surface area contributed by atoms with E-state index in [1.807, 2.05) is 30.3 Å². The summed E-state index contributed by atoms with van der Waals surface area (Å²) in [6.45, 7) is 2.74. The van der Waals surface area contributed by atoms with E-state index in [4.69, 9.17) is 4.74 Å². The van der Waals surface area contributed by atoms with Crippen molar-refractivity contribution in [3.05, 3.63) is 35.9 Å². The van der Waals surface area contributed by atoms with Gasteiger partial charge in [0.05, 0.1) is 19.3 Å². The summed E-state index contributed by atoms with van der Waals surface area (Å²) >= 11 is 0. The van der Waals surface area contributed by atoms with E-state index in [2.05, 4.69) is 11.9 Å². The fourth-order valence-electron chi connectivity index (χ4n) is 4.28. The monoisotopic (exact) mass is 342 g/mol. The van der Waals surface area contributed by atoms with Gasteiger partial charge in [-0.3, -0.25) is 9.59 Å². The van der Waals surface area contributed by atoms with Crippen molar-refractivity contribution in [2.24, 2.45) is 11.8 Å². The molecule has 0 N–H and O–H groups in total. The van der Waals surface area contributed by atoms with E-state index < -0.39 is 0 Å².